The summed E-state index contributed by atoms with van der Waals surface area (Å²) < 4.78 is 10.3. The summed E-state index contributed by atoms with van der Waals surface area (Å²) in [5.74, 6) is -1.13. The van der Waals surface area contributed by atoms with Gasteiger partial charge in [-0.15, -0.1) is 0 Å². The Morgan fingerprint density at radius 2 is 1.73 bits per heavy atom. The number of hydrogen-bond acceptors (Lipinski definition) is 5. The van der Waals surface area contributed by atoms with E-state index < -0.39 is 23.3 Å². The van der Waals surface area contributed by atoms with E-state index in [1.54, 1.807) is 12.1 Å². The third kappa shape index (κ3) is 4.44. The molecule has 26 heavy (non-hydrogen) atoms. The number of carbonyl (C=O) groups excluding carboxylic acids is 2. The van der Waals surface area contributed by atoms with Crippen LogP contribution < -0.4 is 20.1 Å². The number of nitrogens with one attached hydrogen (secondary N) is 2. The van der Waals surface area contributed by atoms with E-state index in [1.165, 1.54) is 20.3 Å². The average molecular weight is 364 g/mol. The molecule has 0 bridgehead atoms. The van der Waals surface area contributed by atoms with Crippen LogP contribution in [-0.2, 0) is 9.59 Å². The Bertz CT molecular complexity index is 682. The summed E-state index contributed by atoms with van der Waals surface area (Å²) >= 11 is 0. The van der Waals surface area contributed by atoms with Crippen LogP contribution in [0.25, 0.3) is 0 Å². The monoisotopic (exact) mass is 364 g/mol. The van der Waals surface area contributed by atoms with Gasteiger partial charge in [0.05, 0.1) is 20.8 Å². The maximum atomic E-state index is 12.2. The molecule has 0 aliphatic heterocycles. The molecular formula is C18H24N2O6. The van der Waals surface area contributed by atoms with Gasteiger partial charge in [0.25, 0.3) is 5.91 Å². The summed E-state index contributed by atoms with van der Waals surface area (Å²) in [7, 11) is 2.95. The first-order valence-corrected chi connectivity index (χ1v) is 8.46. The van der Waals surface area contributed by atoms with Crippen LogP contribution in [0, 0.1) is 0 Å². The van der Waals surface area contributed by atoms with E-state index >= 15 is 0 Å². The minimum Gasteiger partial charge on any atom is -0.493 e. The van der Waals surface area contributed by atoms with E-state index in [0.29, 0.717) is 29.9 Å². The van der Waals surface area contributed by atoms with E-state index in [1.807, 2.05) is 0 Å². The van der Waals surface area contributed by atoms with Crippen molar-refractivity contribution < 1.29 is 29.0 Å². The molecule has 1 aromatic rings. The van der Waals surface area contributed by atoms with Crippen LogP contribution in [0.15, 0.2) is 18.2 Å². The molecule has 2 rings (SSSR count). The number of rotatable bonds is 7. The minimum atomic E-state index is -1.23. The van der Waals surface area contributed by atoms with Crippen LogP contribution in [0.4, 0.5) is 0 Å². The molecule has 142 valence electrons. The third-order valence-corrected chi connectivity index (χ3v) is 4.55. The second-order valence-electron chi connectivity index (χ2n) is 6.25. The van der Waals surface area contributed by atoms with Gasteiger partial charge in [0.15, 0.2) is 11.5 Å². The van der Waals surface area contributed by atoms with Crippen molar-refractivity contribution in [3.63, 3.8) is 0 Å². The highest BCUT2D eigenvalue weighted by molar-refractivity contribution is 5.97. The lowest BCUT2D eigenvalue weighted by atomic mass is 9.81. The molecule has 0 heterocycles. The maximum Gasteiger partial charge on any atom is 0.329 e. The molecule has 2 amide bonds. The van der Waals surface area contributed by atoms with Gasteiger partial charge >= 0.3 is 5.97 Å². The van der Waals surface area contributed by atoms with Crippen molar-refractivity contribution in [3.8, 4) is 11.5 Å². The lowest BCUT2D eigenvalue weighted by Crippen LogP contribution is -2.57. The SMILES string of the molecule is COc1ccc(C(=O)NCC(=O)NC2(C(=O)O)CCCCC2)cc1OC. The highest BCUT2D eigenvalue weighted by Gasteiger charge is 2.40. The van der Waals surface area contributed by atoms with E-state index in [0.717, 1.165) is 19.3 Å². The highest BCUT2D eigenvalue weighted by atomic mass is 16.5. The van der Waals surface area contributed by atoms with Crippen molar-refractivity contribution in [3.05, 3.63) is 23.8 Å². The molecular weight excluding hydrogens is 340 g/mol. The summed E-state index contributed by atoms with van der Waals surface area (Å²) in [6.45, 7) is -0.303. The average Bonchev–Trinajstić information content (AvgIpc) is 2.66. The van der Waals surface area contributed by atoms with Crippen molar-refractivity contribution in [2.75, 3.05) is 20.8 Å². The number of carboxylic acid groups (broad SMARTS) is 1. The molecule has 0 aromatic heterocycles. The van der Waals surface area contributed by atoms with Crippen molar-refractivity contribution in [1.29, 1.82) is 0 Å². The first-order chi connectivity index (χ1) is 12.4. The van der Waals surface area contributed by atoms with E-state index in [4.69, 9.17) is 9.47 Å². The zero-order valence-corrected chi connectivity index (χ0v) is 15.0. The fourth-order valence-corrected chi connectivity index (χ4v) is 3.10. The molecule has 1 aliphatic carbocycles. The molecule has 1 fully saturated rings. The molecule has 1 saturated carbocycles. The zero-order valence-electron chi connectivity index (χ0n) is 15.0. The van der Waals surface area contributed by atoms with Gasteiger partial charge in [0.2, 0.25) is 5.91 Å². The van der Waals surface area contributed by atoms with Crippen LogP contribution in [0.1, 0.15) is 42.5 Å². The van der Waals surface area contributed by atoms with Gasteiger partial charge in [-0.3, -0.25) is 9.59 Å². The number of amides is 2. The second kappa shape index (κ2) is 8.55. The van der Waals surface area contributed by atoms with Crippen LogP contribution in [-0.4, -0.2) is 49.2 Å². The number of benzene rings is 1. The van der Waals surface area contributed by atoms with Gasteiger partial charge in [-0.1, -0.05) is 19.3 Å². The first-order valence-electron chi connectivity index (χ1n) is 8.46. The molecule has 0 saturated heterocycles. The minimum absolute atomic E-state index is 0.303. The third-order valence-electron chi connectivity index (χ3n) is 4.55. The lowest BCUT2D eigenvalue weighted by Gasteiger charge is -2.33. The Hall–Kier alpha value is -2.77. The Labute approximate surface area is 151 Å². The van der Waals surface area contributed by atoms with E-state index in [2.05, 4.69) is 10.6 Å². The van der Waals surface area contributed by atoms with Gasteiger partial charge in [-0.05, 0) is 31.0 Å². The van der Waals surface area contributed by atoms with Crippen LogP contribution in [0.5, 0.6) is 11.5 Å². The van der Waals surface area contributed by atoms with Crippen LogP contribution in [0.3, 0.4) is 0 Å². The number of carbonyl (C=O) groups is 3. The molecule has 3 N–H and O–H groups in total. The van der Waals surface area contributed by atoms with Crippen LogP contribution in [0.2, 0.25) is 0 Å². The number of methoxy groups -OCH3 is 2. The Morgan fingerprint density at radius 3 is 2.31 bits per heavy atom. The second-order valence-corrected chi connectivity index (χ2v) is 6.25. The quantitative estimate of drug-likeness (QED) is 0.673. The maximum absolute atomic E-state index is 12.2. The summed E-state index contributed by atoms with van der Waals surface area (Å²) in [5, 5.41) is 14.5. The smallest absolute Gasteiger partial charge is 0.329 e. The predicted octanol–water partition coefficient (Wildman–Crippen LogP) is 1.34. The molecule has 0 spiro atoms. The molecule has 1 aliphatic rings. The molecule has 8 heteroatoms. The topological polar surface area (TPSA) is 114 Å². The fraction of sp³-hybridized carbons (Fsp3) is 0.500. The number of hydrogen-bond donors (Lipinski definition) is 3. The van der Waals surface area contributed by atoms with E-state index in [9.17, 15) is 19.5 Å². The van der Waals surface area contributed by atoms with Crippen LogP contribution >= 0.6 is 0 Å². The molecule has 8 nitrogen and oxygen atoms in total. The van der Waals surface area contributed by atoms with Gasteiger partial charge in [-0.2, -0.15) is 0 Å². The standard InChI is InChI=1S/C18H24N2O6/c1-25-13-7-6-12(10-14(13)26-2)16(22)19-11-15(21)20-18(17(23)24)8-4-3-5-9-18/h6-7,10H,3-5,8-9,11H2,1-2H3,(H,19,22)(H,20,21)(H,23,24). The Morgan fingerprint density at radius 1 is 1.08 bits per heavy atom. The first kappa shape index (κ1) is 19.6. The fourth-order valence-electron chi connectivity index (χ4n) is 3.10. The largest absolute Gasteiger partial charge is 0.493 e. The van der Waals surface area contributed by atoms with Crippen molar-refractivity contribution in [2.45, 2.75) is 37.6 Å². The molecule has 1 aromatic carbocycles. The summed E-state index contributed by atoms with van der Waals surface area (Å²) in [5.41, 5.74) is -0.926. The lowest BCUT2D eigenvalue weighted by molar-refractivity contribution is -0.149. The number of ether oxygens (including phenoxy) is 2. The van der Waals surface area contributed by atoms with E-state index in [-0.39, 0.29) is 6.54 Å². The number of carboxylic acids is 1. The highest BCUT2D eigenvalue weighted by Crippen LogP contribution is 2.29. The van der Waals surface area contributed by atoms with Crippen molar-refractivity contribution >= 4 is 17.8 Å². The van der Waals surface area contributed by atoms with Crippen molar-refractivity contribution in [2.24, 2.45) is 0 Å². The van der Waals surface area contributed by atoms with Gasteiger partial charge < -0.3 is 25.2 Å². The summed E-state index contributed by atoms with van der Waals surface area (Å²) in [6, 6.07) is 4.65. The summed E-state index contributed by atoms with van der Waals surface area (Å²) in [4.78, 5) is 35.9. The Balaban J connectivity index is 1.96. The van der Waals surface area contributed by atoms with Gasteiger partial charge in [0.1, 0.15) is 5.54 Å². The van der Waals surface area contributed by atoms with Crippen molar-refractivity contribution in [1.82, 2.24) is 10.6 Å². The van der Waals surface area contributed by atoms with Gasteiger partial charge in [-0.25, -0.2) is 4.79 Å². The van der Waals surface area contributed by atoms with Gasteiger partial charge in [0, 0.05) is 5.56 Å². The zero-order chi connectivity index (χ0) is 19.2. The molecule has 0 radical (unpaired) electrons. The Kier molecular flexibility index (Phi) is 6.43. The normalized spacial score (nSPS) is 15.6. The predicted molar refractivity (Wildman–Crippen MR) is 93.5 cm³/mol. The molecule has 0 atom stereocenters. The molecule has 0 unspecified atom stereocenters. The number of aliphatic carboxylic acids is 1. The summed E-state index contributed by atoms with van der Waals surface area (Å²) in [6.07, 6.45) is 3.27.